The molecule has 1 aromatic rings. The molecule has 0 spiro atoms. The van der Waals surface area contributed by atoms with Gasteiger partial charge in [-0.25, -0.2) is 0 Å². The van der Waals surface area contributed by atoms with Crippen molar-refractivity contribution in [1.29, 1.82) is 0 Å². The predicted molar refractivity (Wildman–Crippen MR) is 99.1 cm³/mol. The van der Waals surface area contributed by atoms with E-state index in [1.807, 2.05) is 13.1 Å². The fourth-order valence-electron chi connectivity index (χ4n) is 3.88. The highest BCUT2D eigenvalue weighted by Crippen LogP contribution is 2.23. The van der Waals surface area contributed by atoms with Crippen LogP contribution in [0.1, 0.15) is 31.2 Å². The molecule has 2 fully saturated rings. The maximum absolute atomic E-state index is 12.7. The normalized spacial score (nSPS) is 22.4. The Bertz CT molecular complexity index is 531. The van der Waals surface area contributed by atoms with Crippen LogP contribution < -0.4 is 5.32 Å². The van der Waals surface area contributed by atoms with Crippen molar-refractivity contribution in [1.82, 2.24) is 15.1 Å². The number of nitrogens with one attached hydrogen (secondary N) is 1. The number of amides is 1. The van der Waals surface area contributed by atoms with Crippen molar-refractivity contribution in [2.75, 3.05) is 40.0 Å². The predicted octanol–water partition coefficient (Wildman–Crippen LogP) is 2.08. The number of ether oxygens (including phenoxy) is 1. The van der Waals surface area contributed by atoms with Crippen molar-refractivity contribution in [2.24, 2.45) is 5.92 Å². The summed E-state index contributed by atoms with van der Waals surface area (Å²) in [6.07, 6.45) is 4.37. The van der Waals surface area contributed by atoms with E-state index in [4.69, 9.17) is 4.74 Å². The van der Waals surface area contributed by atoms with Crippen molar-refractivity contribution in [3.63, 3.8) is 0 Å². The molecule has 0 unspecified atom stereocenters. The molecule has 25 heavy (non-hydrogen) atoms. The first-order chi connectivity index (χ1) is 12.2. The molecule has 0 aromatic heterocycles. The highest BCUT2D eigenvalue weighted by atomic mass is 16.5. The first kappa shape index (κ1) is 18.4. The Morgan fingerprint density at radius 2 is 2.00 bits per heavy atom. The van der Waals surface area contributed by atoms with Gasteiger partial charge >= 0.3 is 0 Å². The second kappa shape index (κ2) is 9.32. The summed E-state index contributed by atoms with van der Waals surface area (Å²) in [7, 11) is 2.04. The largest absolute Gasteiger partial charge is 0.381 e. The van der Waals surface area contributed by atoms with E-state index in [0.29, 0.717) is 12.6 Å². The summed E-state index contributed by atoms with van der Waals surface area (Å²) in [6.45, 7) is 5.28. The summed E-state index contributed by atoms with van der Waals surface area (Å²) in [5, 5.41) is 3.13. The summed E-state index contributed by atoms with van der Waals surface area (Å²) in [6, 6.07) is 10.4. The third-order valence-electron chi connectivity index (χ3n) is 5.32. The van der Waals surface area contributed by atoms with Crippen LogP contribution in [0, 0.1) is 5.92 Å². The SMILES string of the molecule is CN(CNC(=O)[C@@H]1CCCN1CC1CCOCC1)Cc1ccccc1. The van der Waals surface area contributed by atoms with Gasteiger partial charge in [0.25, 0.3) is 0 Å². The van der Waals surface area contributed by atoms with Crippen LogP contribution in [-0.2, 0) is 16.1 Å². The second-order valence-electron chi connectivity index (χ2n) is 7.41. The van der Waals surface area contributed by atoms with Gasteiger partial charge in [-0.1, -0.05) is 30.3 Å². The Kier molecular flexibility index (Phi) is 6.84. The van der Waals surface area contributed by atoms with Crippen LogP contribution in [0.5, 0.6) is 0 Å². The zero-order valence-electron chi connectivity index (χ0n) is 15.3. The molecule has 2 aliphatic heterocycles. The summed E-state index contributed by atoms with van der Waals surface area (Å²) in [5.74, 6) is 0.868. The molecule has 5 heteroatoms. The summed E-state index contributed by atoms with van der Waals surface area (Å²) in [4.78, 5) is 17.2. The maximum Gasteiger partial charge on any atom is 0.238 e. The maximum atomic E-state index is 12.7. The summed E-state index contributed by atoms with van der Waals surface area (Å²) < 4.78 is 5.45. The molecule has 138 valence electrons. The highest BCUT2D eigenvalue weighted by molar-refractivity contribution is 5.81. The average molecular weight is 345 g/mol. The van der Waals surface area contributed by atoms with Gasteiger partial charge < -0.3 is 10.1 Å². The molecule has 0 saturated carbocycles. The van der Waals surface area contributed by atoms with Gasteiger partial charge in [-0.3, -0.25) is 14.6 Å². The lowest BCUT2D eigenvalue weighted by molar-refractivity contribution is -0.126. The molecule has 1 atom stereocenters. The van der Waals surface area contributed by atoms with Gasteiger partial charge in [0.15, 0.2) is 0 Å². The minimum absolute atomic E-state index is 0.0490. The number of carbonyl (C=O) groups is 1. The van der Waals surface area contributed by atoms with E-state index >= 15 is 0 Å². The topological polar surface area (TPSA) is 44.8 Å². The van der Waals surface area contributed by atoms with Crippen LogP contribution in [0.4, 0.5) is 0 Å². The van der Waals surface area contributed by atoms with Crippen LogP contribution in [0.2, 0.25) is 0 Å². The molecule has 2 saturated heterocycles. The van der Waals surface area contributed by atoms with Crippen molar-refractivity contribution in [3.05, 3.63) is 35.9 Å². The highest BCUT2D eigenvalue weighted by Gasteiger charge is 2.32. The van der Waals surface area contributed by atoms with E-state index in [1.165, 1.54) is 5.56 Å². The van der Waals surface area contributed by atoms with Crippen molar-refractivity contribution in [2.45, 2.75) is 38.3 Å². The average Bonchev–Trinajstić information content (AvgIpc) is 3.09. The van der Waals surface area contributed by atoms with Crippen LogP contribution in [-0.4, -0.2) is 61.8 Å². The molecule has 1 amide bonds. The van der Waals surface area contributed by atoms with E-state index in [2.05, 4.69) is 39.4 Å². The zero-order chi connectivity index (χ0) is 17.5. The smallest absolute Gasteiger partial charge is 0.238 e. The van der Waals surface area contributed by atoms with E-state index < -0.39 is 0 Å². The number of hydrogen-bond donors (Lipinski definition) is 1. The number of nitrogens with zero attached hydrogens (tertiary/aromatic N) is 2. The fourth-order valence-corrected chi connectivity index (χ4v) is 3.88. The molecule has 0 aliphatic carbocycles. The first-order valence-electron chi connectivity index (χ1n) is 9.54. The molecular weight excluding hydrogens is 314 g/mol. The molecule has 1 aromatic carbocycles. The molecule has 3 rings (SSSR count). The Balaban J connectivity index is 1.43. The third kappa shape index (κ3) is 5.53. The zero-order valence-corrected chi connectivity index (χ0v) is 15.3. The second-order valence-corrected chi connectivity index (χ2v) is 7.41. The van der Waals surface area contributed by atoms with E-state index in [-0.39, 0.29) is 11.9 Å². The Labute approximate surface area is 151 Å². The Morgan fingerprint density at radius 1 is 1.24 bits per heavy atom. The molecule has 5 nitrogen and oxygen atoms in total. The number of rotatable bonds is 7. The van der Waals surface area contributed by atoms with Crippen molar-refractivity contribution < 1.29 is 9.53 Å². The quantitative estimate of drug-likeness (QED) is 0.769. The van der Waals surface area contributed by atoms with E-state index in [1.54, 1.807) is 0 Å². The molecule has 1 N–H and O–H groups in total. The van der Waals surface area contributed by atoms with Gasteiger partial charge in [-0.2, -0.15) is 0 Å². The summed E-state index contributed by atoms with van der Waals surface area (Å²) in [5.41, 5.74) is 1.27. The minimum atomic E-state index is 0.0490. The lowest BCUT2D eigenvalue weighted by Crippen LogP contribution is -2.47. The van der Waals surface area contributed by atoms with Crippen molar-refractivity contribution >= 4 is 5.91 Å². The van der Waals surface area contributed by atoms with Gasteiger partial charge in [0.2, 0.25) is 5.91 Å². The lowest BCUT2D eigenvalue weighted by atomic mass is 9.99. The monoisotopic (exact) mass is 345 g/mol. The van der Waals surface area contributed by atoms with Gasteiger partial charge in [0, 0.05) is 26.3 Å². The van der Waals surface area contributed by atoms with Gasteiger partial charge in [-0.05, 0) is 50.8 Å². The number of hydrogen-bond acceptors (Lipinski definition) is 4. The molecule has 0 radical (unpaired) electrons. The fraction of sp³-hybridized carbons (Fsp3) is 0.650. The van der Waals surface area contributed by atoms with Gasteiger partial charge in [0.1, 0.15) is 0 Å². The van der Waals surface area contributed by atoms with Gasteiger partial charge in [0.05, 0.1) is 12.7 Å². The number of benzene rings is 1. The first-order valence-corrected chi connectivity index (χ1v) is 9.54. The van der Waals surface area contributed by atoms with E-state index in [0.717, 1.165) is 58.5 Å². The van der Waals surface area contributed by atoms with E-state index in [9.17, 15) is 4.79 Å². The minimum Gasteiger partial charge on any atom is -0.381 e. The van der Waals surface area contributed by atoms with Gasteiger partial charge in [-0.15, -0.1) is 0 Å². The Hall–Kier alpha value is -1.43. The lowest BCUT2D eigenvalue weighted by Gasteiger charge is -2.30. The number of likely N-dealkylation sites (tertiary alicyclic amines) is 1. The molecule has 0 bridgehead atoms. The van der Waals surface area contributed by atoms with Crippen LogP contribution in [0.3, 0.4) is 0 Å². The standard InChI is InChI=1S/C20H31N3O2/c1-22(14-17-6-3-2-4-7-17)16-21-20(24)19-8-5-11-23(19)15-18-9-12-25-13-10-18/h2-4,6-7,18-19H,5,8-16H2,1H3,(H,21,24)/t19-/m0/s1. The van der Waals surface area contributed by atoms with Crippen molar-refractivity contribution in [3.8, 4) is 0 Å². The molecular formula is C20H31N3O2. The third-order valence-corrected chi connectivity index (χ3v) is 5.32. The molecule has 2 aliphatic rings. The Morgan fingerprint density at radius 3 is 2.76 bits per heavy atom. The summed E-state index contributed by atoms with van der Waals surface area (Å²) >= 11 is 0. The van der Waals surface area contributed by atoms with Crippen LogP contribution in [0.25, 0.3) is 0 Å². The molecule has 2 heterocycles. The van der Waals surface area contributed by atoms with Crippen LogP contribution in [0.15, 0.2) is 30.3 Å². The number of carbonyl (C=O) groups excluding carboxylic acids is 1. The van der Waals surface area contributed by atoms with Crippen LogP contribution >= 0.6 is 0 Å².